The van der Waals surface area contributed by atoms with Gasteiger partial charge in [0.2, 0.25) is 0 Å². The quantitative estimate of drug-likeness (QED) is 0.452. The molecule has 0 saturated carbocycles. The molecule has 0 radical (unpaired) electrons. The van der Waals surface area contributed by atoms with E-state index < -0.39 is 6.61 Å². The molecule has 1 heterocycles. The fourth-order valence-electron chi connectivity index (χ4n) is 3.23. The third-order valence-corrected chi connectivity index (χ3v) is 4.98. The number of anilines is 1. The lowest BCUT2D eigenvalue weighted by Crippen LogP contribution is -2.03. The van der Waals surface area contributed by atoms with Crippen LogP contribution in [0.4, 0.5) is 14.5 Å². The van der Waals surface area contributed by atoms with E-state index in [0.29, 0.717) is 12.1 Å². The Labute approximate surface area is 167 Å². The number of aryl methyl sites for hydroxylation is 1. The van der Waals surface area contributed by atoms with Crippen molar-refractivity contribution in [2.24, 2.45) is 0 Å². The zero-order valence-electron chi connectivity index (χ0n) is 15.7. The molecule has 3 rings (SSSR count). The average molecular weight is 401 g/mol. The fraction of sp³-hybridized carbons (Fsp3) is 0.286. The number of rotatable bonds is 8. The number of fused-ring (bicyclic) bond motifs is 1. The Kier molecular flexibility index (Phi) is 6.42. The second-order valence-corrected chi connectivity index (χ2v) is 7.23. The lowest BCUT2D eigenvalue weighted by atomic mass is 10.1. The van der Waals surface area contributed by atoms with Crippen LogP contribution in [-0.2, 0) is 6.54 Å². The van der Waals surface area contributed by atoms with Crippen LogP contribution in [-0.4, -0.2) is 16.9 Å². The summed E-state index contributed by atoms with van der Waals surface area (Å²) in [4.78, 5) is 0. The van der Waals surface area contributed by atoms with Crippen molar-refractivity contribution >= 4 is 28.5 Å². The standard InChI is InChI=1S/C21H21F2N3OS/c1-3-11-26-19-12-16(27-21(22)23)9-10-17(19)18(13-24)20(26)14-5-7-15(8-6-14)25-28-4-2/h5-10,12,21,25H,3-4,11H2,1-2H3. The van der Waals surface area contributed by atoms with E-state index in [4.69, 9.17) is 0 Å². The number of aromatic nitrogens is 1. The predicted octanol–water partition coefficient (Wildman–Crippen LogP) is 6.27. The molecule has 3 aromatic rings. The molecule has 0 atom stereocenters. The molecule has 0 aliphatic heterocycles. The normalized spacial score (nSPS) is 11.0. The highest BCUT2D eigenvalue weighted by Gasteiger charge is 2.19. The average Bonchev–Trinajstić information content (AvgIpc) is 2.99. The Morgan fingerprint density at radius 2 is 1.93 bits per heavy atom. The molecule has 0 unspecified atom stereocenters. The lowest BCUT2D eigenvalue weighted by molar-refractivity contribution is -0.0497. The van der Waals surface area contributed by atoms with E-state index in [1.54, 1.807) is 24.1 Å². The summed E-state index contributed by atoms with van der Waals surface area (Å²) < 4.78 is 35.1. The molecule has 0 aliphatic rings. The first-order valence-corrected chi connectivity index (χ1v) is 10.1. The molecule has 0 bridgehead atoms. The zero-order chi connectivity index (χ0) is 20.1. The third-order valence-electron chi connectivity index (χ3n) is 4.31. The summed E-state index contributed by atoms with van der Waals surface area (Å²) >= 11 is 1.61. The minimum absolute atomic E-state index is 0.0875. The van der Waals surface area contributed by atoms with Crippen LogP contribution in [0.15, 0.2) is 42.5 Å². The van der Waals surface area contributed by atoms with Gasteiger partial charge >= 0.3 is 6.61 Å². The number of benzene rings is 2. The Morgan fingerprint density at radius 1 is 1.18 bits per heavy atom. The number of halogens is 2. The Balaban J connectivity index is 2.14. The van der Waals surface area contributed by atoms with Gasteiger partial charge in [0.1, 0.15) is 11.8 Å². The van der Waals surface area contributed by atoms with Gasteiger partial charge in [0.25, 0.3) is 0 Å². The summed E-state index contributed by atoms with van der Waals surface area (Å²) in [6.45, 7) is 1.89. The van der Waals surface area contributed by atoms with Crippen LogP contribution in [0.5, 0.6) is 5.75 Å². The Morgan fingerprint density at radius 3 is 2.54 bits per heavy atom. The molecule has 0 aliphatic carbocycles. The number of hydrogen-bond donors (Lipinski definition) is 1. The highest BCUT2D eigenvalue weighted by molar-refractivity contribution is 8.00. The number of nitrogens with one attached hydrogen (secondary N) is 1. The van der Waals surface area contributed by atoms with E-state index in [-0.39, 0.29) is 5.75 Å². The smallest absolute Gasteiger partial charge is 0.387 e. The van der Waals surface area contributed by atoms with E-state index in [1.165, 1.54) is 6.07 Å². The highest BCUT2D eigenvalue weighted by Crippen LogP contribution is 2.36. The molecule has 0 saturated heterocycles. The third kappa shape index (κ3) is 4.07. The maximum atomic E-state index is 12.6. The zero-order valence-corrected chi connectivity index (χ0v) is 16.5. The van der Waals surface area contributed by atoms with Crippen molar-refractivity contribution in [1.29, 1.82) is 5.26 Å². The van der Waals surface area contributed by atoms with Crippen molar-refractivity contribution in [2.45, 2.75) is 33.4 Å². The Hall–Kier alpha value is -2.72. The summed E-state index contributed by atoms with van der Waals surface area (Å²) in [6, 6.07) is 14.9. The minimum atomic E-state index is -2.89. The van der Waals surface area contributed by atoms with Crippen LogP contribution >= 0.6 is 11.9 Å². The lowest BCUT2D eigenvalue weighted by Gasteiger charge is -2.12. The molecular formula is C21H21F2N3OS. The van der Waals surface area contributed by atoms with Gasteiger partial charge in [-0.05, 0) is 36.2 Å². The molecule has 7 heteroatoms. The molecule has 4 nitrogen and oxygen atoms in total. The fourth-order valence-corrected chi connectivity index (χ4v) is 3.67. The first-order valence-electron chi connectivity index (χ1n) is 9.08. The highest BCUT2D eigenvalue weighted by atomic mass is 32.2. The largest absolute Gasteiger partial charge is 0.435 e. The monoisotopic (exact) mass is 401 g/mol. The second-order valence-electron chi connectivity index (χ2n) is 6.16. The van der Waals surface area contributed by atoms with E-state index in [9.17, 15) is 14.0 Å². The van der Waals surface area contributed by atoms with Gasteiger partial charge in [-0.15, -0.1) is 0 Å². The first kappa shape index (κ1) is 20.0. The number of ether oxygens (including phenoxy) is 1. The van der Waals surface area contributed by atoms with E-state index in [0.717, 1.165) is 40.0 Å². The molecular weight excluding hydrogens is 380 g/mol. The van der Waals surface area contributed by atoms with Crippen LogP contribution in [0.3, 0.4) is 0 Å². The molecule has 0 spiro atoms. The number of hydrogen-bond acceptors (Lipinski definition) is 4. The number of nitrogens with zero attached hydrogens (tertiary/aromatic N) is 2. The van der Waals surface area contributed by atoms with Gasteiger partial charge in [0.15, 0.2) is 0 Å². The molecule has 0 amide bonds. The molecule has 0 fully saturated rings. The van der Waals surface area contributed by atoms with Gasteiger partial charge < -0.3 is 14.0 Å². The maximum absolute atomic E-state index is 12.6. The second kappa shape index (κ2) is 8.98. The molecule has 28 heavy (non-hydrogen) atoms. The van der Waals surface area contributed by atoms with Gasteiger partial charge in [0.05, 0.1) is 16.8 Å². The minimum Gasteiger partial charge on any atom is -0.435 e. The predicted molar refractivity (Wildman–Crippen MR) is 111 cm³/mol. The van der Waals surface area contributed by atoms with Gasteiger partial charge in [-0.3, -0.25) is 0 Å². The SMILES string of the molecule is CCCn1c(-c2ccc(NSCC)cc2)c(C#N)c2ccc(OC(F)F)cc21. The van der Waals surface area contributed by atoms with Crippen molar-refractivity contribution in [3.63, 3.8) is 0 Å². The van der Waals surface area contributed by atoms with Crippen LogP contribution in [0.2, 0.25) is 0 Å². The van der Waals surface area contributed by atoms with Crippen molar-refractivity contribution in [3.8, 4) is 23.1 Å². The van der Waals surface area contributed by atoms with Crippen LogP contribution in [0, 0.1) is 11.3 Å². The molecule has 146 valence electrons. The van der Waals surface area contributed by atoms with Crippen molar-refractivity contribution in [1.82, 2.24) is 4.57 Å². The van der Waals surface area contributed by atoms with Crippen LogP contribution in [0.25, 0.3) is 22.2 Å². The van der Waals surface area contributed by atoms with Crippen LogP contribution < -0.4 is 9.46 Å². The van der Waals surface area contributed by atoms with Crippen molar-refractivity contribution in [2.75, 3.05) is 10.5 Å². The van der Waals surface area contributed by atoms with Crippen molar-refractivity contribution < 1.29 is 13.5 Å². The summed E-state index contributed by atoms with van der Waals surface area (Å²) in [7, 11) is 0. The summed E-state index contributed by atoms with van der Waals surface area (Å²) in [5, 5.41) is 10.5. The topological polar surface area (TPSA) is 50.0 Å². The molecule has 1 N–H and O–H groups in total. The molecule has 2 aromatic carbocycles. The van der Waals surface area contributed by atoms with Gasteiger partial charge in [-0.25, -0.2) is 0 Å². The van der Waals surface area contributed by atoms with E-state index in [1.807, 2.05) is 35.8 Å². The van der Waals surface area contributed by atoms with E-state index >= 15 is 0 Å². The maximum Gasteiger partial charge on any atom is 0.387 e. The van der Waals surface area contributed by atoms with Gasteiger partial charge in [-0.2, -0.15) is 14.0 Å². The van der Waals surface area contributed by atoms with Gasteiger partial charge in [0, 0.05) is 29.4 Å². The summed E-state index contributed by atoms with van der Waals surface area (Å²) in [6.07, 6.45) is 0.842. The van der Waals surface area contributed by atoms with E-state index in [2.05, 4.69) is 22.5 Å². The van der Waals surface area contributed by atoms with Crippen molar-refractivity contribution in [3.05, 3.63) is 48.0 Å². The van der Waals surface area contributed by atoms with Crippen LogP contribution in [0.1, 0.15) is 25.8 Å². The molecule has 1 aromatic heterocycles. The summed E-state index contributed by atoms with van der Waals surface area (Å²) in [5.74, 6) is 1.04. The van der Waals surface area contributed by atoms with Gasteiger partial charge in [-0.1, -0.05) is 37.9 Å². The Bertz CT molecular complexity index is 994. The summed E-state index contributed by atoms with van der Waals surface area (Å²) in [5.41, 5.74) is 3.94. The first-order chi connectivity index (χ1) is 13.6. The number of alkyl halides is 2. The number of nitriles is 1.